The van der Waals surface area contributed by atoms with Crippen molar-refractivity contribution >= 4 is 34.7 Å². The van der Waals surface area contributed by atoms with Crippen LogP contribution in [0.15, 0.2) is 72.7 Å². The van der Waals surface area contributed by atoms with Gasteiger partial charge >= 0.3 is 0 Å². The average molecular weight is 473 g/mol. The van der Waals surface area contributed by atoms with E-state index in [1.165, 1.54) is 4.90 Å². The number of benzene rings is 1. The maximum atomic E-state index is 13.3. The van der Waals surface area contributed by atoms with E-state index >= 15 is 0 Å². The number of ketones is 1. The van der Waals surface area contributed by atoms with E-state index in [-0.39, 0.29) is 23.6 Å². The van der Waals surface area contributed by atoms with Crippen molar-refractivity contribution in [1.82, 2.24) is 19.3 Å². The predicted octanol–water partition coefficient (Wildman–Crippen LogP) is 4.62. The van der Waals surface area contributed by atoms with Gasteiger partial charge in [-0.25, -0.2) is 4.98 Å². The maximum Gasteiger partial charge on any atom is 0.295 e. The molecule has 8 heteroatoms. The highest BCUT2D eigenvalue weighted by Crippen LogP contribution is 2.41. The van der Waals surface area contributed by atoms with Crippen molar-refractivity contribution in [3.63, 3.8) is 0 Å². The molecule has 1 unspecified atom stereocenters. The third-order valence-corrected chi connectivity index (χ3v) is 6.36. The van der Waals surface area contributed by atoms with Gasteiger partial charge in [0.05, 0.1) is 17.3 Å². The molecule has 170 valence electrons. The molecule has 4 heterocycles. The summed E-state index contributed by atoms with van der Waals surface area (Å²) in [5.74, 6) is -1.75. The number of hydrogen-bond donors (Lipinski definition) is 1. The van der Waals surface area contributed by atoms with Crippen molar-refractivity contribution in [1.29, 1.82) is 0 Å². The number of amides is 1. The van der Waals surface area contributed by atoms with Crippen LogP contribution < -0.4 is 0 Å². The second-order valence-corrected chi connectivity index (χ2v) is 8.71. The van der Waals surface area contributed by atoms with Crippen LogP contribution in [0.1, 0.15) is 34.1 Å². The lowest BCUT2D eigenvalue weighted by molar-refractivity contribution is -0.140. The van der Waals surface area contributed by atoms with Gasteiger partial charge in [0.15, 0.2) is 5.76 Å². The maximum absolute atomic E-state index is 13.3. The minimum Gasteiger partial charge on any atom is -0.505 e. The standard InChI is InChI=1S/C26H21ClN4O3/c1-15-5-4-12-30-16(2)21(29-25(15)30)23(32)20-22(18-7-9-19(27)10-8-18)31(26(34)24(20)33)14-17-6-3-11-28-13-17/h3-13,22,32H,14H2,1-2H3/b23-20+. The molecule has 4 aromatic rings. The summed E-state index contributed by atoms with van der Waals surface area (Å²) in [7, 11) is 0. The summed E-state index contributed by atoms with van der Waals surface area (Å²) in [5, 5.41) is 11.9. The summed E-state index contributed by atoms with van der Waals surface area (Å²) in [5.41, 5.74) is 3.97. The molecule has 7 nitrogen and oxygen atoms in total. The fourth-order valence-electron chi connectivity index (χ4n) is 4.40. The Morgan fingerprint density at radius 3 is 2.53 bits per heavy atom. The smallest absolute Gasteiger partial charge is 0.295 e. The van der Waals surface area contributed by atoms with Crippen LogP contribution in [0.4, 0.5) is 0 Å². The third-order valence-electron chi connectivity index (χ3n) is 6.11. The molecule has 1 fully saturated rings. The number of aliphatic hydroxyl groups excluding tert-OH is 1. The Morgan fingerprint density at radius 2 is 1.85 bits per heavy atom. The number of aromatic nitrogens is 3. The lowest BCUT2D eigenvalue weighted by Gasteiger charge is -2.25. The van der Waals surface area contributed by atoms with Crippen LogP contribution in [0.3, 0.4) is 0 Å². The molecular formula is C26H21ClN4O3. The Balaban J connectivity index is 1.71. The second kappa shape index (κ2) is 8.43. The number of likely N-dealkylation sites (tertiary alicyclic amines) is 1. The lowest BCUT2D eigenvalue weighted by atomic mass is 9.96. The van der Waals surface area contributed by atoms with Crippen LogP contribution in [0.5, 0.6) is 0 Å². The number of aliphatic hydroxyl groups is 1. The van der Waals surface area contributed by atoms with Crippen LogP contribution in [0.2, 0.25) is 5.02 Å². The van der Waals surface area contributed by atoms with Crippen molar-refractivity contribution in [3.05, 3.63) is 106 Å². The molecule has 0 saturated carbocycles. The molecule has 0 spiro atoms. The number of rotatable bonds is 4. The first kappa shape index (κ1) is 21.9. The normalized spacial score (nSPS) is 17.6. The van der Waals surface area contributed by atoms with E-state index in [1.807, 2.05) is 42.6 Å². The van der Waals surface area contributed by atoms with Gasteiger partial charge < -0.3 is 14.4 Å². The van der Waals surface area contributed by atoms with Crippen LogP contribution in [-0.2, 0) is 16.1 Å². The quantitative estimate of drug-likeness (QED) is 0.266. The Labute approximate surface area is 201 Å². The van der Waals surface area contributed by atoms with E-state index in [0.29, 0.717) is 21.9 Å². The zero-order chi connectivity index (χ0) is 24.0. The summed E-state index contributed by atoms with van der Waals surface area (Å²) < 4.78 is 1.85. The number of hydrogen-bond acceptors (Lipinski definition) is 5. The third kappa shape index (κ3) is 3.54. The van der Waals surface area contributed by atoms with Crippen molar-refractivity contribution in [3.8, 4) is 0 Å². The number of carbonyl (C=O) groups is 2. The zero-order valence-electron chi connectivity index (χ0n) is 18.6. The van der Waals surface area contributed by atoms with Crippen molar-refractivity contribution < 1.29 is 14.7 Å². The van der Waals surface area contributed by atoms with Gasteiger partial charge in [-0.1, -0.05) is 35.9 Å². The van der Waals surface area contributed by atoms with E-state index in [9.17, 15) is 14.7 Å². The molecule has 3 aromatic heterocycles. The minimum absolute atomic E-state index is 0.000344. The van der Waals surface area contributed by atoms with E-state index in [0.717, 1.165) is 11.1 Å². The molecule has 0 aliphatic carbocycles. The van der Waals surface area contributed by atoms with Gasteiger partial charge in [-0.05, 0) is 54.8 Å². The second-order valence-electron chi connectivity index (χ2n) is 8.27. The van der Waals surface area contributed by atoms with Gasteiger partial charge in [0.2, 0.25) is 0 Å². The number of pyridine rings is 2. The summed E-state index contributed by atoms with van der Waals surface area (Å²) >= 11 is 6.09. The lowest BCUT2D eigenvalue weighted by Crippen LogP contribution is -2.29. The minimum atomic E-state index is -0.803. The first-order valence-electron chi connectivity index (χ1n) is 10.7. The van der Waals surface area contributed by atoms with Crippen LogP contribution in [0, 0.1) is 13.8 Å². The molecule has 0 bridgehead atoms. The van der Waals surface area contributed by atoms with Crippen molar-refractivity contribution in [2.45, 2.75) is 26.4 Å². The summed E-state index contributed by atoms with van der Waals surface area (Å²) in [6, 6.07) is 13.5. The first-order valence-corrected chi connectivity index (χ1v) is 11.1. The Bertz CT molecular complexity index is 1460. The average Bonchev–Trinajstić information content (AvgIpc) is 3.30. The molecule has 1 atom stereocenters. The van der Waals surface area contributed by atoms with Gasteiger partial charge in [0.1, 0.15) is 11.3 Å². The number of Topliss-reactive ketones (excluding diaryl/α,β-unsaturated/α-hetero) is 1. The number of aryl methyl sites for hydroxylation is 2. The van der Waals surface area contributed by atoms with Crippen LogP contribution in [-0.4, -0.2) is 36.1 Å². The Hall–Kier alpha value is -3.97. The fourth-order valence-corrected chi connectivity index (χ4v) is 4.52. The monoisotopic (exact) mass is 472 g/mol. The topological polar surface area (TPSA) is 87.8 Å². The molecule has 1 amide bonds. The highest BCUT2D eigenvalue weighted by Gasteiger charge is 2.46. The largest absolute Gasteiger partial charge is 0.505 e. The van der Waals surface area contributed by atoms with Gasteiger partial charge in [0.25, 0.3) is 11.7 Å². The summed E-state index contributed by atoms with van der Waals surface area (Å²) in [6.07, 6.45) is 5.13. The van der Waals surface area contributed by atoms with Crippen molar-refractivity contribution in [2.24, 2.45) is 0 Å². The Morgan fingerprint density at radius 1 is 1.09 bits per heavy atom. The molecule has 1 N–H and O–H groups in total. The van der Waals surface area contributed by atoms with Gasteiger partial charge in [0, 0.05) is 30.2 Å². The van der Waals surface area contributed by atoms with E-state index in [4.69, 9.17) is 11.6 Å². The molecule has 1 aromatic carbocycles. The predicted molar refractivity (Wildman–Crippen MR) is 128 cm³/mol. The van der Waals surface area contributed by atoms with E-state index < -0.39 is 17.7 Å². The molecule has 0 radical (unpaired) electrons. The molecule has 1 aliphatic heterocycles. The van der Waals surface area contributed by atoms with Crippen LogP contribution in [0.25, 0.3) is 11.4 Å². The molecule has 1 saturated heterocycles. The number of carbonyl (C=O) groups excluding carboxylic acids is 2. The highest BCUT2D eigenvalue weighted by atomic mass is 35.5. The van der Waals surface area contributed by atoms with Crippen LogP contribution >= 0.6 is 11.6 Å². The molecule has 1 aliphatic rings. The number of halogens is 1. The summed E-state index contributed by atoms with van der Waals surface area (Å²) in [6.45, 7) is 3.90. The first-order chi connectivity index (χ1) is 16.4. The van der Waals surface area contributed by atoms with Gasteiger partial charge in [-0.15, -0.1) is 0 Å². The van der Waals surface area contributed by atoms with Crippen molar-refractivity contribution in [2.75, 3.05) is 0 Å². The molecule has 34 heavy (non-hydrogen) atoms. The number of imidazole rings is 1. The number of fused-ring (bicyclic) bond motifs is 1. The van der Waals surface area contributed by atoms with Gasteiger partial charge in [-0.3, -0.25) is 14.6 Å². The van der Waals surface area contributed by atoms with E-state index in [1.54, 1.807) is 42.7 Å². The van der Waals surface area contributed by atoms with Gasteiger partial charge in [-0.2, -0.15) is 0 Å². The SMILES string of the molecule is Cc1cccn2c(C)c(/C(O)=C3\C(=O)C(=O)N(Cc4cccnc4)C3c3ccc(Cl)cc3)nc12. The number of nitrogens with zero attached hydrogens (tertiary/aromatic N) is 4. The van der Waals surface area contributed by atoms with E-state index in [2.05, 4.69) is 9.97 Å². The molecular weight excluding hydrogens is 452 g/mol. The highest BCUT2D eigenvalue weighted by molar-refractivity contribution is 6.46. The Kier molecular flexibility index (Phi) is 5.42. The zero-order valence-corrected chi connectivity index (χ0v) is 19.3. The fraction of sp³-hybridized carbons (Fsp3) is 0.154. The molecule has 5 rings (SSSR count). The summed E-state index contributed by atoms with van der Waals surface area (Å²) in [4.78, 5) is 36.6.